The molecule has 0 aliphatic carbocycles. The van der Waals surface area contributed by atoms with Crippen LogP contribution in [0.2, 0.25) is 0 Å². The van der Waals surface area contributed by atoms with Gasteiger partial charge in [-0.15, -0.1) is 0 Å². The maximum absolute atomic E-state index is 10.4. The summed E-state index contributed by atoms with van der Waals surface area (Å²) in [7, 11) is 0. The zero-order chi connectivity index (χ0) is 10.6. The lowest BCUT2D eigenvalue weighted by Gasteiger charge is -1.91. The van der Waals surface area contributed by atoms with Crippen LogP contribution in [0.15, 0.2) is 18.3 Å². The molecule has 0 spiro atoms. The summed E-state index contributed by atoms with van der Waals surface area (Å²) in [5, 5.41) is 10.4. The summed E-state index contributed by atoms with van der Waals surface area (Å²) in [5.74, 6) is 3.34. The highest BCUT2D eigenvalue weighted by Crippen LogP contribution is 2.12. The molecule has 0 bridgehead atoms. The SMILES string of the molecule is NC(=O)C#Cc1ncccc1[N+](=O)[O-]. The van der Waals surface area contributed by atoms with E-state index in [9.17, 15) is 14.9 Å². The number of carbonyl (C=O) groups excluding carboxylic acids is 1. The number of nitro groups is 1. The number of aromatic nitrogens is 1. The summed E-state index contributed by atoms with van der Waals surface area (Å²) >= 11 is 0. The highest BCUT2D eigenvalue weighted by molar-refractivity contribution is 5.92. The Bertz CT molecular complexity index is 445. The first-order valence-corrected chi connectivity index (χ1v) is 3.52. The number of pyridine rings is 1. The molecule has 1 heterocycles. The van der Waals surface area contributed by atoms with E-state index in [2.05, 4.69) is 10.9 Å². The Morgan fingerprint density at radius 2 is 2.36 bits per heavy atom. The van der Waals surface area contributed by atoms with Crippen molar-refractivity contribution in [1.29, 1.82) is 0 Å². The number of primary amides is 1. The molecule has 0 unspecified atom stereocenters. The van der Waals surface area contributed by atoms with Gasteiger partial charge in [0.15, 0.2) is 5.69 Å². The van der Waals surface area contributed by atoms with Crippen LogP contribution >= 0.6 is 0 Å². The summed E-state index contributed by atoms with van der Waals surface area (Å²) in [4.78, 5) is 23.8. The number of carbonyl (C=O) groups is 1. The van der Waals surface area contributed by atoms with Gasteiger partial charge in [0.05, 0.1) is 4.92 Å². The summed E-state index contributed by atoms with van der Waals surface area (Å²) < 4.78 is 0. The van der Waals surface area contributed by atoms with Gasteiger partial charge in [0.1, 0.15) is 0 Å². The van der Waals surface area contributed by atoms with Crippen LogP contribution in [-0.2, 0) is 4.79 Å². The maximum atomic E-state index is 10.4. The van der Waals surface area contributed by atoms with Crippen LogP contribution in [0, 0.1) is 22.0 Å². The van der Waals surface area contributed by atoms with Crippen LogP contribution in [-0.4, -0.2) is 15.8 Å². The van der Waals surface area contributed by atoms with Crippen molar-refractivity contribution in [3.05, 3.63) is 34.1 Å². The Labute approximate surface area is 78.9 Å². The molecule has 0 saturated heterocycles. The third-order valence-corrected chi connectivity index (χ3v) is 1.29. The molecule has 0 atom stereocenters. The van der Waals surface area contributed by atoms with Crippen molar-refractivity contribution in [2.24, 2.45) is 5.73 Å². The Kier molecular flexibility index (Phi) is 2.76. The zero-order valence-corrected chi connectivity index (χ0v) is 6.93. The molecule has 0 fully saturated rings. The third kappa shape index (κ3) is 2.28. The second-order valence-electron chi connectivity index (χ2n) is 2.24. The molecule has 6 nitrogen and oxygen atoms in total. The van der Waals surface area contributed by atoms with E-state index in [1.165, 1.54) is 18.3 Å². The van der Waals surface area contributed by atoms with Gasteiger partial charge < -0.3 is 5.73 Å². The van der Waals surface area contributed by atoms with Crippen LogP contribution in [0.1, 0.15) is 5.69 Å². The van der Waals surface area contributed by atoms with Crippen LogP contribution in [0.3, 0.4) is 0 Å². The van der Waals surface area contributed by atoms with Crippen molar-refractivity contribution in [3.63, 3.8) is 0 Å². The van der Waals surface area contributed by atoms with Gasteiger partial charge >= 0.3 is 5.69 Å². The quantitative estimate of drug-likeness (QED) is 0.378. The number of rotatable bonds is 1. The predicted octanol–water partition coefficient (Wildman–Crippen LogP) is -0.173. The molecule has 0 aliphatic heterocycles. The van der Waals surface area contributed by atoms with E-state index in [0.29, 0.717) is 0 Å². The van der Waals surface area contributed by atoms with E-state index < -0.39 is 10.8 Å². The van der Waals surface area contributed by atoms with Crippen molar-refractivity contribution < 1.29 is 9.72 Å². The lowest BCUT2D eigenvalue weighted by molar-refractivity contribution is -0.385. The molecular formula is C8H5N3O3. The van der Waals surface area contributed by atoms with Crippen molar-refractivity contribution in [1.82, 2.24) is 4.98 Å². The molecule has 6 heteroatoms. The van der Waals surface area contributed by atoms with Crippen LogP contribution in [0.25, 0.3) is 0 Å². The average Bonchev–Trinajstić information content (AvgIpc) is 2.15. The molecule has 14 heavy (non-hydrogen) atoms. The lowest BCUT2D eigenvalue weighted by atomic mass is 10.3. The molecule has 0 aromatic carbocycles. The summed E-state index contributed by atoms with van der Waals surface area (Å²) in [6.45, 7) is 0. The van der Waals surface area contributed by atoms with Gasteiger partial charge in [-0.05, 0) is 12.0 Å². The molecule has 2 N–H and O–H groups in total. The molecular weight excluding hydrogens is 186 g/mol. The molecule has 1 rings (SSSR count). The topological polar surface area (TPSA) is 99.1 Å². The van der Waals surface area contributed by atoms with Gasteiger partial charge in [0.2, 0.25) is 0 Å². The van der Waals surface area contributed by atoms with Gasteiger partial charge in [0.25, 0.3) is 5.91 Å². The molecule has 1 amide bonds. The predicted molar refractivity (Wildman–Crippen MR) is 47.0 cm³/mol. The Balaban J connectivity index is 3.16. The highest BCUT2D eigenvalue weighted by atomic mass is 16.6. The second kappa shape index (κ2) is 4.00. The lowest BCUT2D eigenvalue weighted by Crippen LogP contribution is -2.06. The fourth-order valence-corrected chi connectivity index (χ4v) is 0.761. The summed E-state index contributed by atoms with van der Waals surface area (Å²) in [5.41, 5.74) is 4.43. The monoisotopic (exact) mass is 191 g/mol. The maximum Gasteiger partial charge on any atom is 0.303 e. The largest absolute Gasteiger partial charge is 0.359 e. The number of nitrogens with zero attached hydrogens (tertiary/aromatic N) is 2. The molecule has 1 aromatic heterocycles. The zero-order valence-electron chi connectivity index (χ0n) is 6.93. The number of hydrogen-bond acceptors (Lipinski definition) is 4. The first-order chi connectivity index (χ1) is 6.61. The van der Waals surface area contributed by atoms with Gasteiger partial charge in [0, 0.05) is 18.2 Å². The minimum atomic E-state index is -0.857. The van der Waals surface area contributed by atoms with Crippen LogP contribution in [0.5, 0.6) is 0 Å². The fourth-order valence-electron chi connectivity index (χ4n) is 0.761. The minimum Gasteiger partial charge on any atom is -0.359 e. The first-order valence-electron chi connectivity index (χ1n) is 3.52. The normalized spacial score (nSPS) is 8.57. The van der Waals surface area contributed by atoms with E-state index in [1.807, 2.05) is 5.92 Å². The number of amides is 1. The van der Waals surface area contributed by atoms with E-state index in [1.54, 1.807) is 0 Å². The van der Waals surface area contributed by atoms with E-state index in [-0.39, 0.29) is 11.4 Å². The van der Waals surface area contributed by atoms with Crippen LogP contribution in [0.4, 0.5) is 5.69 Å². The van der Waals surface area contributed by atoms with Crippen molar-refractivity contribution in [2.75, 3.05) is 0 Å². The van der Waals surface area contributed by atoms with Crippen molar-refractivity contribution >= 4 is 11.6 Å². The van der Waals surface area contributed by atoms with Gasteiger partial charge in [-0.2, -0.15) is 0 Å². The smallest absolute Gasteiger partial charge is 0.303 e. The Morgan fingerprint density at radius 1 is 1.64 bits per heavy atom. The fraction of sp³-hybridized carbons (Fsp3) is 0. The molecule has 0 saturated carbocycles. The number of nitrogens with two attached hydrogens (primary N) is 1. The average molecular weight is 191 g/mol. The van der Waals surface area contributed by atoms with Gasteiger partial charge in [-0.3, -0.25) is 14.9 Å². The van der Waals surface area contributed by atoms with Crippen LogP contribution < -0.4 is 5.73 Å². The highest BCUT2D eigenvalue weighted by Gasteiger charge is 2.11. The second-order valence-corrected chi connectivity index (χ2v) is 2.24. The molecule has 0 aliphatic rings. The standard InChI is InChI=1S/C8H5N3O3/c9-8(12)4-3-6-7(11(13)14)2-1-5-10-6/h1-2,5H,(H2,9,12). The number of hydrogen-bond donors (Lipinski definition) is 1. The first kappa shape index (κ1) is 9.67. The van der Waals surface area contributed by atoms with Crippen molar-refractivity contribution in [3.8, 4) is 11.8 Å². The van der Waals surface area contributed by atoms with E-state index in [4.69, 9.17) is 5.73 Å². The van der Waals surface area contributed by atoms with Gasteiger partial charge in [-0.1, -0.05) is 0 Å². The molecule has 1 aromatic rings. The summed E-state index contributed by atoms with van der Waals surface area (Å²) in [6, 6.07) is 2.66. The van der Waals surface area contributed by atoms with Gasteiger partial charge in [-0.25, -0.2) is 4.98 Å². The van der Waals surface area contributed by atoms with Crippen molar-refractivity contribution in [2.45, 2.75) is 0 Å². The summed E-state index contributed by atoms with van der Waals surface area (Å²) in [6.07, 6.45) is 1.35. The minimum absolute atomic E-state index is 0.0729. The third-order valence-electron chi connectivity index (χ3n) is 1.29. The Hall–Kier alpha value is -2.42. The van der Waals surface area contributed by atoms with E-state index in [0.717, 1.165) is 0 Å². The molecule has 0 radical (unpaired) electrons. The molecule has 70 valence electrons. The Morgan fingerprint density at radius 3 is 2.93 bits per heavy atom. The van der Waals surface area contributed by atoms with E-state index >= 15 is 0 Å².